The molecule has 3 aromatic carbocycles. The number of amides is 1. The first-order valence-electron chi connectivity index (χ1n) is 11.1. The highest BCUT2D eigenvalue weighted by atomic mass is 35.5. The molecule has 0 aliphatic carbocycles. The summed E-state index contributed by atoms with van der Waals surface area (Å²) in [6.45, 7) is 4.35. The number of methoxy groups -OCH3 is 1. The minimum Gasteiger partial charge on any atom is -0.507 e. The minimum atomic E-state index is -0.759. The molecule has 6 heteroatoms. The smallest absolute Gasteiger partial charge is 0.295 e. The third-order valence-corrected chi connectivity index (χ3v) is 6.33. The van der Waals surface area contributed by atoms with Crippen LogP contribution in [-0.4, -0.2) is 28.8 Å². The molecule has 1 heterocycles. The zero-order chi connectivity index (χ0) is 24.4. The van der Waals surface area contributed by atoms with Crippen molar-refractivity contribution in [2.75, 3.05) is 7.11 Å². The van der Waals surface area contributed by atoms with E-state index in [2.05, 4.69) is 13.8 Å². The molecule has 0 spiro atoms. The molecular formula is C28H26ClNO4. The van der Waals surface area contributed by atoms with Gasteiger partial charge in [-0.15, -0.1) is 0 Å². The number of ether oxygens (including phenoxy) is 1. The lowest BCUT2D eigenvalue weighted by atomic mass is 9.93. The summed E-state index contributed by atoms with van der Waals surface area (Å²) in [6, 6.07) is 21.0. The summed E-state index contributed by atoms with van der Waals surface area (Å²) in [5.74, 6) is -0.701. The van der Waals surface area contributed by atoms with Crippen LogP contribution in [0.3, 0.4) is 0 Å². The average molecular weight is 476 g/mol. The van der Waals surface area contributed by atoms with E-state index in [1.165, 1.54) is 4.90 Å². The molecule has 1 aliphatic rings. The molecule has 0 radical (unpaired) electrons. The van der Waals surface area contributed by atoms with Gasteiger partial charge in [-0.2, -0.15) is 0 Å². The van der Waals surface area contributed by atoms with Gasteiger partial charge in [-0.1, -0.05) is 80.0 Å². The van der Waals surface area contributed by atoms with Crippen LogP contribution in [0.4, 0.5) is 0 Å². The molecule has 4 rings (SSSR count). The number of likely N-dealkylation sites (tertiary alicyclic amines) is 1. The van der Waals surface area contributed by atoms with Gasteiger partial charge < -0.3 is 14.7 Å². The summed E-state index contributed by atoms with van der Waals surface area (Å²) in [6.07, 6.45) is 0. The van der Waals surface area contributed by atoms with E-state index in [1.807, 2.05) is 48.5 Å². The molecule has 1 atom stereocenters. The topological polar surface area (TPSA) is 66.8 Å². The predicted molar refractivity (Wildman–Crippen MR) is 133 cm³/mol. The van der Waals surface area contributed by atoms with Crippen molar-refractivity contribution in [3.05, 3.63) is 106 Å². The molecular weight excluding hydrogens is 450 g/mol. The Morgan fingerprint density at radius 1 is 1.03 bits per heavy atom. The number of Topliss-reactive ketones (excluding diaryl/α,β-unsaturated/α-hetero) is 1. The van der Waals surface area contributed by atoms with Gasteiger partial charge in [0.1, 0.15) is 11.5 Å². The van der Waals surface area contributed by atoms with Crippen LogP contribution in [0.5, 0.6) is 5.75 Å². The van der Waals surface area contributed by atoms with Crippen molar-refractivity contribution in [1.82, 2.24) is 4.90 Å². The fraction of sp³-hybridized carbons (Fsp3) is 0.214. The molecule has 1 saturated heterocycles. The Kier molecular flexibility index (Phi) is 6.75. The lowest BCUT2D eigenvalue weighted by molar-refractivity contribution is -0.140. The third kappa shape index (κ3) is 4.44. The highest BCUT2D eigenvalue weighted by molar-refractivity contribution is 6.46. The largest absolute Gasteiger partial charge is 0.507 e. The minimum absolute atomic E-state index is 0.0412. The lowest BCUT2D eigenvalue weighted by Gasteiger charge is -2.26. The number of halogens is 1. The van der Waals surface area contributed by atoms with Gasteiger partial charge in [0, 0.05) is 16.1 Å². The summed E-state index contributed by atoms with van der Waals surface area (Å²) < 4.78 is 5.46. The number of benzene rings is 3. The second-order valence-electron chi connectivity index (χ2n) is 8.57. The van der Waals surface area contributed by atoms with Crippen LogP contribution >= 0.6 is 11.6 Å². The molecule has 1 fully saturated rings. The summed E-state index contributed by atoms with van der Waals surface area (Å²) >= 11 is 6.12. The van der Waals surface area contributed by atoms with Gasteiger partial charge in [-0.05, 0) is 35.2 Å². The van der Waals surface area contributed by atoms with Crippen LogP contribution in [-0.2, 0) is 16.1 Å². The van der Waals surface area contributed by atoms with Crippen LogP contribution < -0.4 is 4.74 Å². The first kappa shape index (κ1) is 23.6. The standard InChI is InChI=1S/C28H26ClNO4/c1-17(2)18-11-13-19(14-12-18)25-24(26(31)20-8-6-9-22(29)15-20)27(32)28(33)30(25)16-21-7-4-5-10-23(21)34-3/h4-15,17,25,31H,16H2,1-3H3/b26-24-. The Bertz CT molecular complexity index is 1260. The van der Waals surface area contributed by atoms with E-state index >= 15 is 0 Å². The summed E-state index contributed by atoms with van der Waals surface area (Å²) in [7, 11) is 1.56. The van der Waals surface area contributed by atoms with Gasteiger partial charge >= 0.3 is 0 Å². The second kappa shape index (κ2) is 9.74. The van der Waals surface area contributed by atoms with Crippen molar-refractivity contribution >= 4 is 29.1 Å². The molecule has 0 saturated carbocycles. The number of nitrogens with zero attached hydrogens (tertiary/aromatic N) is 1. The number of carbonyl (C=O) groups is 2. The molecule has 1 unspecified atom stereocenters. The van der Waals surface area contributed by atoms with Crippen LogP contribution in [0.2, 0.25) is 5.02 Å². The number of aliphatic hydroxyl groups excluding tert-OH is 1. The maximum atomic E-state index is 13.2. The molecule has 0 bridgehead atoms. The Labute approximate surface area is 204 Å². The fourth-order valence-corrected chi connectivity index (χ4v) is 4.45. The Hall–Kier alpha value is -3.57. The van der Waals surface area contributed by atoms with E-state index in [0.717, 1.165) is 16.7 Å². The van der Waals surface area contributed by atoms with Crippen molar-refractivity contribution in [2.24, 2.45) is 0 Å². The van der Waals surface area contributed by atoms with E-state index in [1.54, 1.807) is 31.4 Å². The zero-order valence-electron chi connectivity index (χ0n) is 19.3. The third-order valence-electron chi connectivity index (χ3n) is 6.09. The number of para-hydroxylation sites is 1. The number of hydrogen-bond acceptors (Lipinski definition) is 4. The van der Waals surface area contributed by atoms with E-state index in [9.17, 15) is 14.7 Å². The maximum Gasteiger partial charge on any atom is 0.295 e. The van der Waals surface area contributed by atoms with Gasteiger partial charge in [0.05, 0.1) is 25.3 Å². The normalized spacial score (nSPS) is 17.4. The van der Waals surface area contributed by atoms with E-state index in [4.69, 9.17) is 16.3 Å². The molecule has 34 heavy (non-hydrogen) atoms. The molecule has 1 amide bonds. The van der Waals surface area contributed by atoms with Gasteiger partial charge in [-0.3, -0.25) is 9.59 Å². The predicted octanol–water partition coefficient (Wildman–Crippen LogP) is 6.09. The number of ketones is 1. The average Bonchev–Trinajstić information content (AvgIpc) is 3.09. The molecule has 1 aliphatic heterocycles. The monoisotopic (exact) mass is 475 g/mol. The summed E-state index contributed by atoms with van der Waals surface area (Å²) in [5.41, 5.74) is 3.06. The Balaban J connectivity index is 1.87. The summed E-state index contributed by atoms with van der Waals surface area (Å²) in [4.78, 5) is 28.0. The van der Waals surface area contributed by atoms with Crippen molar-refractivity contribution in [2.45, 2.75) is 32.4 Å². The molecule has 5 nitrogen and oxygen atoms in total. The fourth-order valence-electron chi connectivity index (χ4n) is 4.26. The highest BCUT2D eigenvalue weighted by Gasteiger charge is 2.46. The van der Waals surface area contributed by atoms with E-state index < -0.39 is 17.7 Å². The van der Waals surface area contributed by atoms with E-state index in [0.29, 0.717) is 22.3 Å². The highest BCUT2D eigenvalue weighted by Crippen LogP contribution is 2.41. The van der Waals surface area contributed by atoms with Crippen molar-refractivity contribution in [1.29, 1.82) is 0 Å². The van der Waals surface area contributed by atoms with Gasteiger partial charge in [0.25, 0.3) is 11.7 Å². The van der Waals surface area contributed by atoms with Crippen molar-refractivity contribution in [3.8, 4) is 5.75 Å². The molecule has 174 valence electrons. The van der Waals surface area contributed by atoms with Crippen LogP contribution in [0.1, 0.15) is 48.1 Å². The first-order chi connectivity index (χ1) is 16.3. The maximum absolute atomic E-state index is 13.2. The van der Waals surface area contributed by atoms with E-state index in [-0.39, 0.29) is 17.9 Å². The number of hydrogen-bond donors (Lipinski definition) is 1. The van der Waals surface area contributed by atoms with Crippen LogP contribution in [0.25, 0.3) is 5.76 Å². The van der Waals surface area contributed by atoms with Gasteiger partial charge in [-0.25, -0.2) is 0 Å². The van der Waals surface area contributed by atoms with Gasteiger partial charge in [0.15, 0.2) is 0 Å². The summed E-state index contributed by atoms with van der Waals surface area (Å²) in [5, 5.41) is 11.6. The lowest BCUT2D eigenvalue weighted by Crippen LogP contribution is -2.29. The number of rotatable bonds is 6. The number of aliphatic hydroxyl groups is 1. The number of carbonyl (C=O) groups excluding carboxylic acids is 2. The molecule has 3 aromatic rings. The quantitative estimate of drug-likeness (QED) is 0.266. The van der Waals surface area contributed by atoms with Gasteiger partial charge in [0.2, 0.25) is 0 Å². The second-order valence-corrected chi connectivity index (χ2v) is 9.01. The SMILES string of the molecule is COc1ccccc1CN1C(=O)C(=O)/C(=C(\O)c2cccc(Cl)c2)C1c1ccc(C(C)C)cc1. The first-order valence-corrected chi connectivity index (χ1v) is 11.5. The van der Waals surface area contributed by atoms with Crippen molar-refractivity contribution < 1.29 is 19.4 Å². The molecule has 0 aromatic heterocycles. The Morgan fingerprint density at radius 3 is 2.38 bits per heavy atom. The van der Waals surface area contributed by atoms with Crippen LogP contribution in [0, 0.1) is 0 Å². The van der Waals surface area contributed by atoms with Crippen LogP contribution in [0.15, 0.2) is 78.4 Å². The van der Waals surface area contributed by atoms with Crippen molar-refractivity contribution in [3.63, 3.8) is 0 Å². The Morgan fingerprint density at radius 2 is 1.74 bits per heavy atom. The zero-order valence-corrected chi connectivity index (χ0v) is 20.0. The molecule has 1 N–H and O–H groups in total.